The van der Waals surface area contributed by atoms with Gasteiger partial charge in [-0.2, -0.15) is 0 Å². The molecular formula is C17H22N2O3S. The molecule has 124 valence electrons. The Morgan fingerprint density at radius 3 is 2.70 bits per heavy atom. The highest BCUT2D eigenvalue weighted by molar-refractivity contribution is 7.89. The normalized spacial score (nSPS) is 15.8. The lowest BCUT2D eigenvalue weighted by atomic mass is 10.1. The van der Waals surface area contributed by atoms with Crippen molar-refractivity contribution in [3.8, 4) is 0 Å². The molecule has 23 heavy (non-hydrogen) atoms. The Kier molecular flexibility index (Phi) is 4.57. The number of rotatable bonds is 6. The number of benzene rings is 1. The summed E-state index contributed by atoms with van der Waals surface area (Å²) in [6.07, 6.45) is 4.71. The average Bonchev–Trinajstić information content (AvgIpc) is 3.17. The van der Waals surface area contributed by atoms with Crippen LogP contribution in [0.5, 0.6) is 0 Å². The van der Waals surface area contributed by atoms with Crippen LogP contribution in [-0.4, -0.2) is 34.0 Å². The zero-order chi connectivity index (χ0) is 16.4. The number of sulfonamides is 1. The van der Waals surface area contributed by atoms with E-state index in [4.69, 9.17) is 4.42 Å². The lowest BCUT2D eigenvalue weighted by Gasteiger charge is -2.22. The van der Waals surface area contributed by atoms with Crippen molar-refractivity contribution in [1.29, 1.82) is 0 Å². The highest BCUT2D eigenvalue weighted by Gasteiger charge is 2.22. The van der Waals surface area contributed by atoms with E-state index in [2.05, 4.69) is 4.72 Å². The molecule has 0 radical (unpaired) electrons. The highest BCUT2D eigenvalue weighted by Crippen LogP contribution is 2.25. The number of furan rings is 1. The first kappa shape index (κ1) is 16.2. The molecule has 1 aliphatic carbocycles. The Balaban J connectivity index is 1.76. The van der Waals surface area contributed by atoms with Crippen molar-refractivity contribution in [2.24, 2.45) is 0 Å². The lowest BCUT2D eigenvalue weighted by molar-refractivity contribution is 0.259. The second kappa shape index (κ2) is 6.47. The van der Waals surface area contributed by atoms with Crippen LogP contribution in [0.2, 0.25) is 0 Å². The molecule has 0 bridgehead atoms. The molecule has 1 N–H and O–H groups in total. The van der Waals surface area contributed by atoms with Crippen LogP contribution in [0.25, 0.3) is 0 Å². The third-order valence-corrected chi connectivity index (χ3v) is 5.76. The maximum Gasteiger partial charge on any atom is 0.240 e. The first-order valence-corrected chi connectivity index (χ1v) is 9.27. The van der Waals surface area contributed by atoms with Crippen LogP contribution in [0.1, 0.15) is 29.3 Å². The molecule has 6 heteroatoms. The van der Waals surface area contributed by atoms with Gasteiger partial charge in [0.15, 0.2) is 0 Å². The minimum absolute atomic E-state index is 0.144. The molecule has 1 heterocycles. The Bertz CT molecular complexity index is 767. The number of nitrogens with one attached hydrogen (secondary N) is 1. The topological polar surface area (TPSA) is 62.6 Å². The van der Waals surface area contributed by atoms with Gasteiger partial charge in [-0.05, 0) is 68.8 Å². The molecule has 0 fully saturated rings. The largest absolute Gasteiger partial charge is 0.468 e. The van der Waals surface area contributed by atoms with Gasteiger partial charge in [0.1, 0.15) is 5.76 Å². The highest BCUT2D eigenvalue weighted by atomic mass is 32.2. The predicted molar refractivity (Wildman–Crippen MR) is 88.8 cm³/mol. The summed E-state index contributed by atoms with van der Waals surface area (Å²) in [6, 6.07) is 8.96. The van der Waals surface area contributed by atoms with Crippen LogP contribution in [-0.2, 0) is 22.9 Å². The number of nitrogens with zero attached hydrogens (tertiary/aromatic N) is 1. The first-order valence-electron chi connectivity index (χ1n) is 7.78. The third kappa shape index (κ3) is 3.49. The minimum Gasteiger partial charge on any atom is -0.468 e. The molecule has 0 saturated carbocycles. The third-order valence-electron chi connectivity index (χ3n) is 4.34. The predicted octanol–water partition coefficient (Wildman–Crippen LogP) is 2.35. The number of likely N-dealkylation sites (N-methyl/N-ethyl adjacent to an activating group) is 1. The van der Waals surface area contributed by atoms with Gasteiger partial charge in [0.2, 0.25) is 10.0 Å². The van der Waals surface area contributed by atoms with Crippen molar-refractivity contribution in [3.05, 3.63) is 53.5 Å². The van der Waals surface area contributed by atoms with E-state index in [1.165, 1.54) is 5.56 Å². The summed E-state index contributed by atoms with van der Waals surface area (Å²) in [6.45, 7) is 0.264. The van der Waals surface area contributed by atoms with Crippen LogP contribution in [0.4, 0.5) is 0 Å². The molecule has 0 spiro atoms. The number of aryl methyl sites for hydroxylation is 2. The monoisotopic (exact) mass is 334 g/mol. The van der Waals surface area contributed by atoms with Gasteiger partial charge in [-0.25, -0.2) is 13.1 Å². The summed E-state index contributed by atoms with van der Waals surface area (Å²) in [7, 11) is 0.280. The molecule has 0 amide bonds. The Labute approximate surface area is 137 Å². The van der Waals surface area contributed by atoms with Crippen molar-refractivity contribution in [1.82, 2.24) is 9.62 Å². The van der Waals surface area contributed by atoms with Crippen LogP contribution >= 0.6 is 0 Å². The van der Waals surface area contributed by atoms with Gasteiger partial charge < -0.3 is 4.42 Å². The molecule has 1 atom stereocenters. The molecule has 2 aromatic rings. The first-order chi connectivity index (χ1) is 11.0. The summed E-state index contributed by atoms with van der Waals surface area (Å²) in [4.78, 5) is 2.28. The van der Waals surface area contributed by atoms with Crippen molar-refractivity contribution in [3.63, 3.8) is 0 Å². The van der Waals surface area contributed by atoms with E-state index in [1.807, 2.05) is 37.2 Å². The van der Waals surface area contributed by atoms with Gasteiger partial charge >= 0.3 is 0 Å². The van der Waals surface area contributed by atoms with Crippen molar-refractivity contribution < 1.29 is 12.8 Å². The summed E-state index contributed by atoms with van der Waals surface area (Å²) >= 11 is 0. The smallest absolute Gasteiger partial charge is 0.240 e. The maximum atomic E-state index is 12.6. The second-order valence-corrected chi connectivity index (χ2v) is 7.90. The Hall–Kier alpha value is -1.63. The fraction of sp³-hybridized carbons (Fsp3) is 0.412. The molecule has 0 saturated heterocycles. The van der Waals surface area contributed by atoms with Gasteiger partial charge in [-0.15, -0.1) is 0 Å². The van der Waals surface area contributed by atoms with Crippen molar-refractivity contribution >= 4 is 10.0 Å². The van der Waals surface area contributed by atoms with Gasteiger partial charge in [-0.1, -0.05) is 6.07 Å². The molecular weight excluding hydrogens is 312 g/mol. The average molecular weight is 334 g/mol. The van der Waals surface area contributed by atoms with Crippen LogP contribution in [0.3, 0.4) is 0 Å². The Morgan fingerprint density at radius 1 is 1.22 bits per heavy atom. The van der Waals surface area contributed by atoms with E-state index in [-0.39, 0.29) is 12.6 Å². The van der Waals surface area contributed by atoms with E-state index >= 15 is 0 Å². The van der Waals surface area contributed by atoms with Gasteiger partial charge in [0.05, 0.1) is 17.2 Å². The molecule has 1 aliphatic rings. The molecule has 0 unspecified atom stereocenters. The van der Waals surface area contributed by atoms with E-state index < -0.39 is 10.0 Å². The number of fused-ring (bicyclic) bond motifs is 1. The maximum absolute atomic E-state index is 12.6. The molecule has 1 aromatic heterocycles. The summed E-state index contributed by atoms with van der Waals surface area (Å²) in [5.74, 6) is 0.742. The van der Waals surface area contributed by atoms with E-state index in [9.17, 15) is 8.42 Å². The summed E-state index contributed by atoms with van der Waals surface area (Å²) in [5.41, 5.74) is 2.42. The van der Waals surface area contributed by atoms with E-state index in [0.29, 0.717) is 4.90 Å². The Morgan fingerprint density at radius 2 is 2.00 bits per heavy atom. The zero-order valence-corrected chi connectivity index (χ0v) is 14.3. The van der Waals surface area contributed by atoms with Crippen LogP contribution in [0.15, 0.2) is 45.9 Å². The van der Waals surface area contributed by atoms with Gasteiger partial charge in [0, 0.05) is 6.54 Å². The molecule has 5 nitrogen and oxygen atoms in total. The SMILES string of the molecule is CN(C)[C@@H](CNS(=O)(=O)c1ccc2c(c1)CCC2)c1ccco1. The lowest BCUT2D eigenvalue weighted by Crippen LogP contribution is -2.34. The quantitative estimate of drug-likeness (QED) is 0.881. The molecule has 0 aliphatic heterocycles. The minimum atomic E-state index is -3.52. The van der Waals surface area contributed by atoms with Gasteiger partial charge in [0.25, 0.3) is 0 Å². The van der Waals surface area contributed by atoms with Crippen LogP contribution < -0.4 is 4.72 Å². The van der Waals surface area contributed by atoms with Crippen molar-refractivity contribution in [2.45, 2.75) is 30.2 Å². The van der Waals surface area contributed by atoms with Crippen molar-refractivity contribution in [2.75, 3.05) is 20.6 Å². The fourth-order valence-corrected chi connectivity index (χ4v) is 4.09. The van der Waals surface area contributed by atoms with Gasteiger partial charge in [-0.3, -0.25) is 4.90 Å². The standard InChI is InChI=1S/C17H22N2O3S/c1-19(2)16(17-7-4-10-22-17)12-18-23(20,21)15-9-8-13-5-3-6-14(13)11-15/h4,7-11,16,18H,3,5-6,12H2,1-2H3/t16-/m0/s1. The van der Waals surface area contributed by atoms with E-state index in [1.54, 1.807) is 18.4 Å². The zero-order valence-electron chi connectivity index (χ0n) is 13.5. The van der Waals surface area contributed by atoms with Crippen LogP contribution in [0, 0.1) is 0 Å². The summed E-state index contributed by atoms with van der Waals surface area (Å²) in [5, 5.41) is 0. The summed E-state index contributed by atoms with van der Waals surface area (Å²) < 4.78 is 33.3. The number of hydrogen-bond donors (Lipinski definition) is 1. The second-order valence-electron chi connectivity index (χ2n) is 6.13. The number of hydrogen-bond acceptors (Lipinski definition) is 4. The van der Waals surface area contributed by atoms with E-state index in [0.717, 1.165) is 30.6 Å². The molecule has 3 rings (SSSR count). The fourth-order valence-electron chi connectivity index (χ4n) is 3.01. The molecule has 1 aromatic carbocycles.